The van der Waals surface area contributed by atoms with Crippen molar-refractivity contribution >= 4 is 17.5 Å². The summed E-state index contributed by atoms with van der Waals surface area (Å²) in [6, 6.07) is 0. The lowest BCUT2D eigenvalue weighted by Gasteiger charge is -2.08. The third-order valence-corrected chi connectivity index (χ3v) is 3.80. The van der Waals surface area contributed by atoms with Crippen LogP contribution in [0.5, 0.6) is 0 Å². The minimum absolute atomic E-state index is 0.221. The molecule has 70 valence electrons. The van der Waals surface area contributed by atoms with Crippen LogP contribution in [-0.2, 0) is 4.79 Å². The predicted octanol–water partition coefficient (Wildman–Crippen LogP) is 2.89. The van der Waals surface area contributed by atoms with Crippen LogP contribution < -0.4 is 0 Å². The fourth-order valence-corrected chi connectivity index (χ4v) is 2.82. The molecule has 12 heavy (non-hydrogen) atoms. The molecular formula is C10H18OS. The first-order chi connectivity index (χ1) is 5.70. The van der Waals surface area contributed by atoms with Crippen LogP contribution in [-0.4, -0.2) is 16.8 Å². The van der Waals surface area contributed by atoms with Gasteiger partial charge in [-0.05, 0) is 12.8 Å². The van der Waals surface area contributed by atoms with E-state index in [1.165, 1.54) is 25.7 Å². The number of ketones is 1. The Balaban J connectivity index is 2.12. The van der Waals surface area contributed by atoms with Crippen LogP contribution in [0.2, 0.25) is 0 Å². The maximum Gasteiger partial charge on any atom is 0.145 e. The van der Waals surface area contributed by atoms with Crippen LogP contribution in [0.25, 0.3) is 0 Å². The van der Waals surface area contributed by atoms with Gasteiger partial charge in [-0.3, -0.25) is 4.79 Å². The van der Waals surface area contributed by atoms with Crippen molar-refractivity contribution in [2.45, 2.75) is 44.8 Å². The van der Waals surface area contributed by atoms with Crippen LogP contribution in [0.1, 0.15) is 39.5 Å². The zero-order chi connectivity index (χ0) is 8.97. The van der Waals surface area contributed by atoms with Gasteiger partial charge in [-0.1, -0.05) is 26.7 Å². The molecule has 2 heteroatoms. The van der Waals surface area contributed by atoms with E-state index < -0.39 is 0 Å². The molecule has 0 heterocycles. The van der Waals surface area contributed by atoms with Crippen LogP contribution in [0.4, 0.5) is 0 Å². The third kappa shape index (κ3) is 3.18. The molecule has 0 unspecified atom stereocenters. The van der Waals surface area contributed by atoms with Gasteiger partial charge in [0.25, 0.3) is 0 Å². The van der Waals surface area contributed by atoms with Crippen molar-refractivity contribution in [3.05, 3.63) is 0 Å². The second-order valence-corrected chi connectivity index (χ2v) is 5.13. The lowest BCUT2D eigenvalue weighted by molar-refractivity contribution is -0.119. The Morgan fingerprint density at radius 3 is 2.50 bits per heavy atom. The molecule has 0 radical (unpaired) electrons. The van der Waals surface area contributed by atoms with Crippen LogP contribution in [0.15, 0.2) is 0 Å². The maximum absolute atomic E-state index is 11.3. The molecule has 0 amide bonds. The smallest absolute Gasteiger partial charge is 0.145 e. The Bertz CT molecular complexity index is 148. The molecule has 0 aromatic carbocycles. The summed E-state index contributed by atoms with van der Waals surface area (Å²) in [6.45, 7) is 3.97. The fourth-order valence-electron chi connectivity index (χ4n) is 1.42. The Hall–Kier alpha value is 0.0200. The number of hydrogen-bond donors (Lipinski definition) is 0. The molecule has 0 N–H and O–H groups in total. The SMILES string of the molecule is CC(C)C(=O)CSC1CCCC1. The average Bonchev–Trinajstić information content (AvgIpc) is 2.51. The summed E-state index contributed by atoms with van der Waals surface area (Å²) in [5.74, 6) is 1.37. The first kappa shape index (κ1) is 10.1. The first-order valence-corrected chi connectivity index (χ1v) is 5.89. The molecule has 0 atom stereocenters. The number of Topliss-reactive ketones (excluding diaryl/α,β-unsaturated/α-hetero) is 1. The topological polar surface area (TPSA) is 17.1 Å². The predicted molar refractivity (Wildman–Crippen MR) is 54.6 cm³/mol. The Morgan fingerprint density at radius 2 is 2.00 bits per heavy atom. The highest BCUT2D eigenvalue weighted by atomic mass is 32.2. The zero-order valence-electron chi connectivity index (χ0n) is 8.01. The van der Waals surface area contributed by atoms with E-state index in [-0.39, 0.29) is 5.92 Å². The van der Waals surface area contributed by atoms with E-state index in [1.807, 2.05) is 25.6 Å². The summed E-state index contributed by atoms with van der Waals surface area (Å²) < 4.78 is 0. The van der Waals surface area contributed by atoms with Gasteiger partial charge in [-0.2, -0.15) is 11.8 Å². The molecule has 1 fully saturated rings. The van der Waals surface area contributed by atoms with Crippen molar-refractivity contribution < 1.29 is 4.79 Å². The Morgan fingerprint density at radius 1 is 1.42 bits per heavy atom. The van der Waals surface area contributed by atoms with E-state index in [0.717, 1.165) is 11.0 Å². The second-order valence-electron chi connectivity index (χ2n) is 3.84. The second kappa shape index (κ2) is 4.90. The normalized spacial score (nSPS) is 18.9. The summed E-state index contributed by atoms with van der Waals surface area (Å²) in [7, 11) is 0. The van der Waals surface area contributed by atoms with E-state index in [0.29, 0.717) is 5.78 Å². The van der Waals surface area contributed by atoms with Crippen LogP contribution in [0, 0.1) is 5.92 Å². The van der Waals surface area contributed by atoms with Gasteiger partial charge >= 0.3 is 0 Å². The highest BCUT2D eigenvalue weighted by Crippen LogP contribution is 2.29. The molecule has 0 saturated heterocycles. The molecule has 0 aromatic heterocycles. The van der Waals surface area contributed by atoms with Crippen LogP contribution >= 0.6 is 11.8 Å². The molecule has 0 bridgehead atoms. The van der Waals surface area contributed by atoms with Crippen LogP contribution in [0.3, 0.4) is 0 Å². The minimum atomic E-state index is 0.221. The summed E-state index contributed by atoms with van der Waals surface area (Å²) in [4.78, 5) is 11.3. The van der Waals surface area contributed by atoms with E-state index >= 15 is 0 Å². The molecule has 0 aromatic rings. The van der Waals surface area contributed by atoms with E-state index in [9.17, 15) is 4.79 Å². The number of rotatable bonds is 4. The van der Waals surface area contributed by atoms with Crippen molar-refractivity contribution in [1.82, 2.24) is 0 Å². The molecule has 0 aliphatic heterocycles. The zero-order valence-corrected chi connectivity index (χ0v) is 8.82. The highest BCUT2D eigenvalue weighted by Gasteiger charge is 2.17. The van der Waals surface area contributed by atoms with Gasteiger partial charge in [0.05, 0.1) is 5.75 Å². The molecule has 1 nitrogen and oxygen atoms in total. The standard InChI is InChI=1S/C10H18OS/c1-8(2)10(11)7-12-9-5-3-4-6-9/h8-9H,3-7H2,1-2H3. The molecule has 1 saturated carbocycles. The Kier molecular flexibility index (Phi) is 4.13. The van der Waals surface area contributed by atoms with Crippen molar-refractivity contribution in [2.75, 3.05) is 5.75 Å². The van der Waals surface area contributed by atoms with Gasteiger partial charge in [0, 0.05) is 11.2 Å². The molecule has 1 aliphatic rings. The minimum Gasteiger partial charge on any atom is -0.298 e. The summed E-state index contributed by atoms with van der Waals surface area (Å²) in [5, 5.41) is 0.785. The first-order valence-electron chi connectivity index (χ1n) is 4.84. The Labute approximate surface area is 79.3 Å². The van der Waals surface area contributed by atoms with Crippen molar-refractivity contribution in [1.29, 1.82) is 0 Å². The summed E-state index contributed by atoms with van der Waals surface area (Å²) in [5.41, 5.74) is 0. The van der Waals surface area contributed by atoms with E-state index in [1.54, 1.807) is 0 Å². The molecule has 0 spiro atoms. The number of carbonyl (C=O) groups is 1. The third-order valence-electron chi connectivity index (χ3n) is 2.41. The van der Waals surface area contributed by atoms with Gasteiger partial charge in [-0.15, -0.1) is 0 Å². The maximum atomic E-state index is 11.3. The largest absolute Gasteiger partial charge is 0.298 e. The van der Waals surface area contributed by atoms with Gasteiger partial charge in [0.15, 0.2) is 0 Å². The van der Waals surface area contributed by atoms with Crippen molar-refractivity contribution in [3.63, 3.8) is 0 Å². The lowest BCUT2D eigenvalue weighted by atomic mass is 10.1. The summed E-state index contributed by atoms with van der Waals surface area (Å²) in [6.07, 6.45) is 5.40. The monoisotopic (exact) mass is 186 g/mol. The number of carbonyl (C=O) groups excluding carboxylic acids is 1. The molecule has 1 rings (SSSR count). The molecular weight excluding hydrogens is 168 g/mol. The van der Waals surface area contributed by atoms with Crippen molar-refractivity contribution in [2.24, 2.45) is 5.92 Å². The number of hydrogen-bond acceptors (Lipinski definition) is 2. The van der Waals surface area contributed by atoms with Gasteiger partial charge in [0.1, 0.15) is 5.78 Å². The van der Waals surface area contributed by atoms with Gasteiger partial charge in [-0.25, -0.2) is 0 Å². The van der Waals surface area contributed by atoms with E-state index in [2.05, 4.69) is 0 Å². The summed E-state index contributed by atoms with van der Waals surface area (Å²) >= 11 is 1.87. The fraction of sp³-hybridized carbons (Fsp3) is 0.900. The average molecular weight is 186 g/mol. The van der Waals surface area contributed by atoms with Gasteiger partial charge in [0.2, 0.25) is 0 Å². The number of thioether (sulfide) groups is 1. The lowest BCUT2D eigenvalue weighted by Crippen LogP contribution is -2.11. The van der Waals surface area contributed by atoms with Crippen molar-refractivity contribution in [3.8, 4) is 0 Å². The molecule has 1 aliphatic carbocycles. The van der Waals surface area contributed by atoms with Gasteiger partial charge < -0.3 is 0 Å². The quantitative estimate of drug-likeness (QED) is 0.671. The van der Waals surface area contributed by atoms with E-state index in [4.69, 9.17) is 0 Å². The highest BCUT2D eigenvalue weighted by molar-refractivity contribution is 8.00.